The number of carbonyl (C=O) groups is 1. The highest BCUT2D eigenvalue weighted by molar-refractivity contribution is 7.92. The standard InChI is InChI=1S/C16H22N2O3S/c1-13-5-7-15(8-6-13)9-12-22(20,21)17-14(2)16(19)18-10-3-4-11-18/h5-9,12,14,17H,3-4,10-11H2,1-2H3/b12-9+. The largest absolute Gasteiger partial charge is 0.341 e. The molecule has 1 atom stereocenters. The van der Waals surface area contributed by atoms with Gasteiger partial charge in [-0.1, -0.05) is 29.8 Å². The fourth-order valence-electron chi connectivity index (χ4n) is 2.39. The van der Waals surface area contributed by atoms with Crippen LogP contribution in [0.1, 0.15) is 30.9 Å². The van der Waals surface area contributed by atoms with Gasteiger partial charge in [-0.3, -0.25) is 4.79 Å². The summed E-state index contributed by atoms with van der Waals surface area (Å²) >= 11 is 0. The Morgan fingerprint density at radius 3 is 2.41 bits per heavy atom. The second-order valence-corrected chi connectivity index (χ2v) is 7.23. The van der Waals surface area contributed by atoms with Crippen molar-refractivity contribution in [2.75, 3.05) is 13.1 Å². The van der Waals surface area contributed by atoms with Crippen LogP contribution >= 0.6 is 0 Å². The van der Waals surface area contributed by atoms with Gasteiger partial charge in [0.1, 0.15) is 0 Å². The Balaban J connectivity index is 1.97. The first-order valence-corrected chi connectivity index (χ1v) is 8.98. The Morgan fingerprint density at radius 1 is 1.23 bits per heavy atom. The van der Waals surface area contributed by atoms with E-state index < -0.39 is 16.1 Å². The van der Waals surface area contributed by atoms with Gasteiger partial charge in [0.05, 0.1) is 6.04 Å². The van der Waals surface area contributed by atoms with Gasteiger partial charge in [0, 0.05) is 18.5 Å². The van der Waals surface area contributed by atoms with Gasteiger partial charge < -0.3 is 4.90 Å². The molecule has 1 saturated heterocycles. The highest BCUT2D eigenvalue weighted by Crippen LogP contribution is 2.10. The first kappa shape index (κ1) is 16.7. The molecule has 6 heteroatoms. The SMILES string of the molecule is Cc1ccc(/C=C/S(=O)(=O)NC(C)C(=O)N2CCCC2)cc1. The summed E-state index contributed by atoms with van der Waals surface area (Å²) in [6, 6.07) is 6.78. The van der Waals surface area contributed by atoms with Crippen LogP contribution in [0.25, 0.3) is 6.08 Å². The van der Waals surface area contributed by atoms with Crippen LogP contribution in [0.3, 0.4) is 0 Å². The molecule has 1 aliphatic heterocycles. The molecule has 0 saturated carbocycles. The monoisotopic (exact) mass is 322 g/mol. The lowest BCUT2D eigenvalue weighted by molar-refractivity contribution is -0.131. The van der Waals surface area contributed by atoms with E-state index in [1.54, 1.807) is 11.8 Å². The second kappa shape index (κ2) is 7.07. The second-order valence-electron chi connectivity index (χ2n) is 5.63. The molecule has 2 rings (SSSR count). The number of nitrogens with zero attached hydrogens (tertiary/aromatic N) is 1. The molecule has 0 bridgehead atoms. The highest BCUT2D eigenvalue weighted by Gasteiger charge is 2.25. The zero-order chi connectivity index (χ0) is 16.2. The van der Waals surface area contributed by atoms with Crippen molar-refractivity contribution in [1.29, 1.82) is 0 Å². The van der Waals surface area contributed by atoms with Crippen LogP contribution in [-0.2, 0) is 14.8 Å². The molecule has 0 aliphatic carbocycles. The van der Waals surface area contributed by atoms with Crippen LogP contribution in [0.2, 0.25) is 0 Å². The molecule has 0 aromatic heterocycles. The number of likely N-dealkylation sites (tertiary alicyclic amines) is 1. The topological polar surface area (TPSA) is 66.5 Å². The Kier molecular flexibility index (Phi) is 5.37. The normalized spacial score (nSPS) is 17.1. The minimum Gasteiger partial charge on any atom is -0.341 e. The third kappa shape index (κ3) is 4.68. The zero-order valence-corrected chi connectivity index (χ0v) is 13.8. The van der Waals surface area contributed by atoms with Gasteiger partial charge in [0.2, 0.25) is 15.9 Å². The van der Waals surface area contributed by atoms with Gasteiger partial charge in [-0.05, 0) is 38.3 Å². The lowest BCUT2D eigenvalue weighted by Gasteiger charge is -2.20. The van der Waals surface area contributed by atoms with Crippen LogP contribution in [0.4, 0.5) is 0 Å². The molecule has 1 fully saturated rings. The molecule has 1 aromatic rings. The minimum atomic E-state index is -3.64. The number of amides is 1. The van der Waals surface area contributed by atoms with Crippen molar-refractivity contribution in [3.8, 4) is 0 Å². The lowest BCUT2D eigenvalue weighted by Crippen LogP contribution is -2.45. The Hall–Kier alpha value is -1.66. The molecule has 22 heavy (non-hydrogen) atoms. The number of nitrogens with one attached hydrogen (secondary N) is 1. The fraction of sp³-hybridized carbons (Fsp3) is 0.438. The number of benzene rings is 1. The molecule has 1 heterocycles. The Morgan fingerprint density at radius 2 is 1.82 bits per heavy atom. The number of sulfonamides is 1. The third-order valence-corrected chi connectivity index (χ3v) is 4.82. The van der Waals surface area contributed by atoms with E-state index in [4.69, 9.17) is 0 Å². The number of aryl methyl sites for hydroxylation is 1. The van der Waals surface area contributed by atoms with E-state index in [-0.39, 0.29) is 5.91 Å². The van der Waals surface area contributed by atoms with Crippen LogP contribution in [-0.4, -0.2) is 38.4 Å². The highest BCUT2D eigenvalue weighted by atomic mass is 32.2. The van der Waals surface area contributed by atoms with E-state index in [0.717, 1.165) is 29.4 Å². The summed E-state index contributed by atoms with van der Waals surface area (Å²) in [5, 5.41) is 1.10. The van der Waals surface area contributed by atoms with Crippen molar-refractivity contribution < 1.29 is 13.2 Å². The fourth-order valence-corrected chi connectivity index (χ4v) is 3.40. The molecule has 0 spiro atoms. The quantitative estimate of drug-likeness (QED) is 0.900. The first-order chi connectivity index (χ1) is 10.4. The molecule has 1 amide bonds. The van der Waals surface area contributed by atoms with Gasteiger partial charge in [0.15, 0.2) is 0 Å². The minimum absolute atomic E-state index is 0.162. The van der Waals surface area contributed by atoms with E-state index in [0.29, 0.717) is 13.1 Å². The van der Waals surface area contributed by atoms with Crippen molar-refractivity contribution in [1.82, 2.24) is 9.62 Å². The van der Waals surface area contributed by atoms with Crippen LogP contribution in [0, 0.1) is 6.92 Å². The van der Waals surface area contributed by atoms with E-state index in [9.17, 15) is 13.2 Å². The lowest BCUT2D eigenvalue weighted by atomic mass is 10.2. The summed E-state index contributed by atoms with van der Waals surface area (Å²) in [4.78, 5) is 13.8. The predicted octanol–water partition coefficient (Wildman–Crippen LogP) is 1.90. The molecule has 1 aromatic carbocycles. The zero-order valence-electron chi connectivity index (χ0n) is 13.0. The van der Waals surface area contributed by atoms with Crippen molar-refractivity contribution in [3.05, 3.63) is 40.8 Å². The van der Waals surface area contributed by atoms with E-state index in [1.807, 2.05) is 31.2 Å². The average Bonchev–Trinajstić information content (AvgIpc) is 2.99. The number of hydrogen-bond acceptors (Lipinski definition) is 3. The third-order valence-electron chi connectivity index (χ3n) is 3.65. The number of hydrogen-bond donors (Lipinski definition) is 1. The Labute approximate surface area is 132 Å². The first-order valence-electron chi connectivity index (χ1n) is 7.43. The number of carbonyl (C=O) groups excluding carboxylic acids is 1. The van der Waals surface area contributed by atoms with E-state index in [1.165, 1.54) is 6.08 Å². The maximum absolute atomic E-state index is 12.1. The molecular weight excluding hydrogens is 300 g/mol. The Bertz CT molecular complexity index is 644. The predicted molar refractivity (Wildman–Crippen MR) is 87.5 cm³/mol. The van der Waals surface area contributed by atoms with Crippen molar-refractivity contribution in [2.45, 2.75) is 32.7 Å². The molecule has 1 aliphatic rings. The van der Waals surface area contributed by atoms with Crippen LogP contribution in [0.15, 0.2) is 29.7 Å². The van der Waals surface area contributed by atoms with E-state index in [2.05, 4.69) is 4.72 Å². The van der Waals surface area contributed by atoms with Gasteiger partial charge in [0.25, 0.3) is 0 Å². The van der Waals surface area contributed by atoms with Crippen molar-refractivity contribution in [3.63, 3.8) is 0 Å². The molecular formula is C16H22N2O3S. The maximum Gasteiger partial charge on any atom is 0.240 e. The summed E-state index contributed by atoms with van der Waals surface area (Å²) in [6.07, 6.45) is 3.49. The van der Waals surface area contributed by atoms with Gasteiger partial charge in [-0.25, -0.2) is 8.42 Å². The summed E-state index contributed by atoms with van der Waals surface area (Å²) in [6.45, 7) is 4.98. The molecule has 120 valence electrons. The van der Waals surface area contributed by atoms with Crippen molar-refractivity contribution in [2.24, 2.45) is 0 Å². The van der Waals surface area contributed by atoms with Gasteiger partial charge in [-0.15, -0.1) is 0 Å². The molecule has 0 radical (unpaired) electrons. The maximum atomic E-state index is 12.1. The summed E-state index contributed by atoms with van der Waals surface area (Å²) in [5.74, 6) is -0.162. The van der Waals surface area contributed by atoms with Crippen LogP contribution in [0.5, 0.6) is 0 Å². The van der Waals surface area contributed by atoms with Gasteiger partial charge in [-0.2, -0.15) is 4.72 Å². The van der Waals surface area contributed by atoms with Gasteiger partial charge >= 0.3 is 0 Å². The number of rotatable bonds is 5. The van der Waals surface area contributed by atoms with Crippen LogP contribution < -0.4 is 4.72 Å². The van der Waals surface area contributed by atoms with E-state index >= 15 is 0 Å². The smallest absolute Gasteiger partial charge is 0.240 e. The summed E-state index contributed by atoms with van der Waals surface area (Å²) in [5.41, 5.74) is 1.91. The molecule has 1 unspecified atom stereocenters. The molecule has 1 N–H and O–H groups in total. The summed E-state index contributed by atoms with van der Waals surface area (Å²) in [7, 11) is -3.64. The molecule has 5 nitrogen and oxygen atoms in total. The average molecular weight is 322 g/mol. The summed E-state index contributed by atoms with van der Waals surface area (Å²) < 4.78 is 26.5. The van der Waals surface area contributed by atoms with Crippen molar-refractivity contribution >= 4 is 22.0 Å².